The molecule has 208 valence electrons. The Labute approximate surface area is 236 Å². The van der Waals surface area contributed by atoms with Gasteiger partial charge in [0.15, 0.2) is 0 Å². The van der Waals surface area contributed by atoms with Crippen LogP contribution in [0, 0.1) is 30.4 Å². The summed E-state index contributed by atoms with van der Waals surface area (Å²) in [6, 6.07) is 11.1. The van der Waals surface area contributed by atoms with Crippen LogP contribution in [0.2, 0.25) is 0 Å². The summed E-state index contributed by atoms with van der Waals surface area (Å²) in [7, 11) is 0. The molecule has 0 radical (unpaired) electrons. The lowest BCUT2D eigenvalue weighted by Gasteiger charge is -2.16. The van der Waals surface area contributed by atoms with Crippen molar-refractivity contribution in [2.75, 3.05) is 0 Å². The first-order valence-electron chi connectivity index (χ1n) is 14.6. The predicted octanol–water partition coefficient (Wildman–Crippen LogP) is 9.05. The quantitative estimate of drug-likeness (QED) is 0.254. The van der Waals surface area contributed by atoms with Crippen LogP contribution in [-0.2, 0) is 11.2 Å². The molecule has 2 aliphatic carbocycles. The van der Waals surface area contributed by atoms with E-state index in [1.165, 1.54) is 55.9 Å². The van der Waals surface area contributed by atoms with E-state index in [0.29, 0.717) is 29.4 Å². The molecular formula is C35H38F2N2O. The fraction of sp³-hybridized carbons (Fsp3) is 0.371. The number of aryl methyl sites for hydroxylation is 1. The van der Waals surface area contributed by atoms with Crippen molar-refractivity contribution in [2.45, 2.75) is 71.1 Å². The van der Waals surface area contributed by atoms with Gasteiger partial charge in [-0.3, -0.25) is 4.79 Å². The maximum absolute atomic E-state index is 13.9. The fourth-order valence-electron chi connectivity index (χ4n) is 6.00. The highest BCUT2D eigenvalue weighted by Crippen LogP contribution is 2.34. The van der Waals surface area contributed by atoms with Crippen LogP contribution in [0.5, 0.6) is 0 Å². The van der Waals surface area contributed by atoms with Gasteiger partial charge in [-0.2, -0.15) is 0 Å². The van der Waals surface area contributed by atoms with Crippen LogP contribution in [0.3, 0.4) is 0 Å². The maximum atomic E-state index is 13.9. The van der Waals surface area contributed by atoms with Gasteiger partial charge in [0, 0.05) is 23.9 Å². The molecule has 2 atom stereocenters. The molecule has 5 heteroatoms. The molecule has 1 fully saturated rings. The molecule has 0 N–H and O–H groups in total. The van der Waals surface area contributed by atoms with Gasteiger partial charge in [0.1, 0.15) is 23.2 Å². The minimum Gasteiger partial charge on any atom is -0.303 e. The molecular weight excluding hydrogens is 502 g/mol. The van der Waals surface area contributed by atoms with Crippen LogP contribution < -0.4 is 0 Å². The number of aromatic nitrogens is 2. The third-order valence-electron chi connectivity index (χ3n) is 8.33. The number of ketones is 1. The molecule has 1 aromatic heterocycles. The Balaban J connectivity index is 1.22. The van der Waals surface area contributed by atoms with Crippen LogP contribution in [-0.4, -0.2) is 15.3 Å². The van der Waals surface area contributed by atoms with E-state index in [1.807, 2.05) is 10.8 Å². The summed E-state index contributed by atoms with van der Waals surface area (Å²) in [4.78, 5) is 18.0. The number of carbonyl (C=O) groups excluding carboxylic acids is 1. The van der Waals surface area contributed by atoms with Crippen molar-refractivity contribution in [1.29, 1.82) is 0 Å². The Morgan fingerprint density at radius 3 is 2.62 bits per heavy atom. The van der Waals surface area contributed by atoms with Crippen molar-refractivity contribution in [2.24, 2.45) is 11.8 Å². The summed E-state index contributed by atoms with van der Waals surface area (Å²) < 4.78 is 29.3. The minimum absolute atomic E-state index is 0.165. The highest BCUT2D eigenvalue weighted by Gasteiger charge is 2.21. The summed E-state index contributed by atoms with van der Waals surface area (Å²) in [6.07, 6.45) is 22.9. The van der Waals surface area contributed by atoms with Crippen molar-refractivity contribution in [3.8, 4) is 16.9 Å². The summed E-state index contributed by atoms with van der Waals surface area (Å²) >= 11 is 0. The van der Waals surface area contributed by atoms with E-state index in [9.17, 15) is 13.6 Å². The molecule has 0 saturated heterocycles. The molecule has 1 heterocycles. The van der Waals surface area contributed by atoms with E-state index < -0.39 is 0 Å². The second kappa shape index (κ2) is 13.2. The number of hydrogen-bond acceptors (Lipinski definition) is 2. The third kappa shape index (κ3) is 7.32. The molecule has 2 unspecified atom stereocenters. The lowest BCUT2D eigenvalue weighted by Crippen LogP contribution is -2.11. The van der Waals surface area contributed by atoms with Gasteiger partial charge in [0.2, 0.25) is 0 Å². The van der Waals surface area contributed by atoms with E-state index >= 15 is 0 Å². The zero-order valence-electron chi connectivity index (χ0n) is 23.3. The lowest BCUT2D eigenvalue weighted by atomic mass is 9.90. The molecule has 2 aromatic carbocycles. The van der Waals surface area contributed by atoms with Gasteiger partial charge in [0.05, 0.1) is 12.1 Å². The molecule has 3 nitrogen and oxygen atoms in total. The van der Waals surface area contributed by atoms with Gasteiger partial charge < -0.3 is 4.57 Å². The molecule has 1 saturated carbocycles. The Hall–Kier alpha value is -3.60. The monoisotopic (exact) mass is 540 g/mol. The molecule has 2 aliphatic rings. The maximum Gasteiger partial charge on any atom is 0.140 e. The number of hydrogen-bond donors (Lipinski definition) is 0. The van der Waals surface area contributed by atoms with Gasteiger partial charge in [-0.05, 0) is 92.5 Å². The zero-order valence-corrected chi connectivity index (χ0v) is 23.3. The largest absolute Gasteiger partial charge is 0.303 e. The molecule has 5 rings (SSSR count). The summed E-state index contributed by atoms with van der Waals surface area (Å²) in [5.41, 5.74) is 4.19. The van der Waals surface area contributed by atoms with Gasteiger partial charge in [0.25, 0.3) is 0 Å². The first-order valence-corrected chi connectivity index (χ1v) is 14.6. The average Bonchev–Trinajstić information content (AvgIpc) is 3.09. The van der Waals surface area contributed by atoms with Crippen LogP contribution in [0.15, 0.2) is 84.6 Å². The third-order valence-corrected chi connectivity index (χ3v) is 8.33. The average molecular weight is 541 g/mol. The number of carbonyl (C=O) groups is 1. The molecule has 40 heavy (non-hydrogen) atoms. The number of imidazole rings is 1. The second-order valence-corrected chi connectivity index (χ2v) is 11.4. The van der Waals surface area contributed by atoms with E-state index in [2.05, 4.69) is 30.4 Å². The van der Waals surface area contributed by atoms with Gasteiger partial charge >= 0.3 is 0 Å². The molecule has 0 aliphatic heterocycles. The van der Waals surface area contributed by atoms with E-state index in [4.69, 9.17) is 4.98 Å². The van der Waals surface area contributed by atoms with Crippen molar-refractivity contribution >= 4 is 5.78 Å². The smallest absolute Gasteiger partial charge is 0.140 e. The molecule has 3 aromatic rings. The number of allylic oxidation sites excluding steroid dienone is 6. The number of nitrogens with zero attached hydrogens (tertiary/aromatic N) is 2. The van der Waals surface area contributed by atoms with E-state index in [0.717, 1.165) is 36.4 Å². The fourth-order valence-corrected chi connectivity index (χ4v) is 6.00. The van der Waals surface area contributed by atoms with Crippen molar-refractivity contribution < 1.29 is 13.6 Å². The van der Waals surface area contributed by atoms with Gasteiger partial charge in [-0.1, -0.05) is 61.6 Å². The Kier molecular flexibility index (Phi) is 9.20. The highest BCUT2D eigenvalue weighted by atomic mass is 19.1. The SMILES string of the molecule is Cc1cc(-c2cn(-c3ccc(F)cc3)c(CC(=O)CCC3CCCC(CC4=CCC=CC=C4)CC3)n2)ccc1F. The first kappa shape index (κ1) is 27.9. The zero-order chi connectivity index (χ0) is 27.9. The highest BCUT2D eigenvalue weighted by molar-refractivity contribution is 5.80. The van der Waals surface area contributed by atoms with Crippen molar-refractivity contribution in [1.82, 2.24) is 9.55 Å². The predicted molar refractivity (Wildman–Crippen MR) is 157 cm³/mol. The van der Waals surface area contributed by atoms with Gasteiger partial charge in [-0.15, -0.1) is 0 Å². The van der Waals surface area contributed by atoms with Crippen LogP contribution in [0.1, 0.15) is 69.2 Å². The van der Waals surface area contributed by atoms with Crippen molar-refractivity contribution in [3.63, 3.8) is 0 Å². The Bertz CT molecular complexity index is 1410. The van der Waals surface area contributed by atoms with E-state index in [-0.39, 0.29) is 23.8 Å². The Morgan fingerprint density at radius 1 is 1.00 bits per heavy atom. The molecule has 0 amide bonds. The number of benzene rings is 2. The van der Waals surface area contributed by atoms with E-state index in [1.54, 1.807) is 31.2 Å². The Morgan fingerprint density at radius 2 is 1.80 bits per heavy atom. The first-order chi connectivity index (χ1) is 19.4. The van der Waals surface area contributed by atoms with Crippen LogP contribution in [0.4, 0.5) is 8.78 Å². The molecule has 0 bridgehead atoms. The minimum atomic E-state index is -0.319. The summed E-state index contributed by atoms with van der Waals surface area (Å²) in [5.74, 6) is 1.51. The summed E-state index contributed by atoms with van der Waals surface area (Å²) in [6.45, 7) is 1.72. The molecule has 0 spiro atoms. The van der Waals surface area contributed by atoms with Gasteiger partial charge in [-0.25, -0.2) is 13.8 Å². The van der Waals surface area contributed by atoms with Crippen LogP contribution in [0.25, 0.3) is 16.9 Å². The standard InChI is InChI=1S/C35H38F2N2O/c1-25-21-29(14-20-33(25)37)34-24-39(31-17-15-30(36)16-18-31)35(38-34)23-32(40)19-13-26-9-6-10-28(12-11-26)22-27-7-4-2-3-5-8-27/h2-4,7-8,14-18,20-21,24,26,28H,5-6,9-13,19,22-23H2,1H3. The number of rotatable bonds is 9. The van der Waals surface area contributed by atoms with Crippen LogP contribution >= 0.6 is 0 Å². The normalized spacial score (nSPS) is 19.2. The topological polar surface area (TPSA) is 34.9 Å². The summed E-state index contributed by atoms with van der Waals surface area (Å²) in [5, 5.41) is 0. The second-order valence-electron chi connectivity index (χ2n) is 11.4. The number of halogens is 2. The van der Waals surface area contributed by atoms with Crippen molar-refractivity contribution in [3.05, 3.63) is 108 Å². The lowest BCUT2D eigenvalue weighted by molar-refractivity contribution is -0.118. The number of Topliss-reactive ketones (excluding diaryl/α,β-unsaturated/α-hetero) is 1.